The van der Waals surface area contributed by atoms with Gasteiger partial charge in [-0.1, -0.05) is 22.5 Å². The lowest BCUT2D eigenvalue weighted by molar-refractivity contribution is 0.981. The predicted octanol–water partition coefficient (Wildman–Crippen LogP) is 2.50. The van der Waals surface area contributed by atoms with Crippen molar-refractivity contribution in [2.45, 2.75) is 12.8 Å². The van der Waals surface area contributed by atoms with Crippen molar-refractivity contribution in [3.05, 3.63) is 18.4 Å². The molecule has 0 unspecified atom stereocenters. The van der Waals surface area contributed by atoms with E-state index in [1.54, 1.807) is 0 Å². The summed E-state index contributed by atoms with van der Waals surface area (Å²) in [4.78, 5) is 0. The molecule has 0 aliphatic rings. The van der Waals surface area contributed by atoms with Gasteiger partial charge in [-0.3, -0.25) is 0 Å². The van der Waals surface area contributed by atoms with Gasteiger partial charge in [0.2, 0.25) is 0 Å². The van der Waals surface area contributed by atoms with Gasteiger partial charge in [0.15, 0.2) is 0 Å². The Labute approximate surface area is 53.1 Å². The van der Waals surface area contributed by atoms with E-state index in [1.807, 2.05) is 6.08 Å². The fourth-order valence-corrected chi connectivity index (χ4v) is 0.605. The van der Waals surface area contributed by atoms with Crippen LogP contribution in [0.2, 0.25) is 0 Å². The molecule has 0 fully saturated rings. The molecular formula is C6H9Br. The maximum Gasteiger partial charge on any atom is 0.00344 e. The molecule has 0 N–H and O–H groups in total. The molecule has 7 heavy (non-hydrogen) atoms. The van der Waals surface area contributed by atoms with Crippen LogP contribution in [0.25, 0.3) is 0 Å². The van der Waals surface area contributed by atoms with Crippen molar-refractivity contribution in [3.8, 4) is 0 Å². The van der Waals surface area contributed by atoms with E-state index in [-0.39, 0.29) is 0 Å². The first-order valence-corrected chi connectivity index (χ1v) is 3.44. The lowest BCUT2D eigenvalue weighted by Crippen LogP contribution is -1.67. The van der Waals surface area contributed by atoms with Crippen LogP contribution in [0.4, 0.5) is 0 Å². The van der Waals surface area contributed by atoms with E-state index >= 15 is 0 Å². The minimum Gasteiger partial charge on any atom is -0.133 e. The van der Waals surface area contributed by atoms with E-state index in [0.29, 0.717) is 0 Å². The SMILES string of the molecule is C=C=CCCCBr. The van der Waals surface area contributed by atoms with Gasteiger partial charge in [0.05, 0.1) is 0 Å². The Morgan fingerprint density at radius 2 is 2.43 bits per heavy atom. The van der Waals surface area contributed by atoms with Crippen LogP contribution in [-0.2, 0) is 0 Å². The van der Waals surface area contributed by atoms with Crippen LogP contribution in [0.5, 0.6) is 0 Å². The Kier molecular flexibility index (Phi) is 6.00. The third-order valence-corrected chi connectivity index (χ3v) is 1.19. The van der Waals surface area contributed by atoms with E-state index in [1.165, 1.54) is 6.42 Å². The van der Waals surface area contributed by atoms with Gasteiger partial charge in [0.1, 0.15) is 0 Å². The molecule has 0 atom stereocenters. The molecule has 0 aliphatic carbocycles. The predicted molar refractivity (Wildman–Crippen MR) is 36.7 cm³/mol. The summed E-state index contributed by atoms with van der Waals surface area (Å²) in [5, 5.41) is 1.07. The highest BCUT2D eigenvalue weighted by molar-refractivity contribution is 9.09. The quantitative estimate of drug-likeness (QED) is 0.339. The minimum atomic E-state index is 1.07. The van der Waals surface area contributed by atoms with Crippen LogP contribution in [0.3, 0.4) is 0 Å². The molecule has 0 rings (SSSR count). The Bertz CT molecular complexity index is 70.2. The van der Waals surface area contributed by atoms with Crippen LogP contribution in [0.1, 0.15) is 12.8 Å². The topological polar surface area (TPSA) is 0 Å². The maximum atomic E-state index is 3.44. The zero-order valence-electron chi connectivity index (χ0n) is 4.28. The summed E-state index contributed by atoms with van der Waals surface area (Å²) in [7, 11) is 0. The molecule has 0 aromatic carbocycles. The summed E-state index contributed by atoms with van der Waals surface area (Å²) in [6, 6.07) is 0. The molecule has 0 heterocycles. The lowest BCUT2D eigenvalue weighted by atomic mass is 10.3. The van der Waals surface area contributed by atoms with Crippen molar-refractivity contribution in [3.63, 3.8) is 0 Å². The van der Waals surface area contributed by atoms with Gasteiger partial charge in [-0.2, -0.15) is 0 Å². The number of hydrogen-bond donors (Lipinski definition) is 0. The third-order valence-electron chi connectivity index (χ3n) is 0.626. The normalized spacial score (nSPS) is 7.57. The third kappa shape index (κ3) is 6.00. The van der Waals surface area contributed by atoms with E-state index in [0.717, 1.165) is 11.8 Å². The van der Waals surface area contributed by atoms with E-state index in [4.69, 9.17) is 0 Å². The van der Waals surface area contributed by atoms with Crippen molar-refractivity contribution >= 4 is 15.9 Å². The zero-order valence-corrected chi connectivity index (χ0v) is 5.87. The van der Waals surface area contributed by atoms with Crippen LogP contribution >= 0.6 is 15.9 Å². The van der Waals surface area contributed by atoms with Gasteiger partial charge in [-0.05, 0) is 18.9 Å². The maximum absolute atomic E-state index is 3.44. The molecule has 0 nitrogen and oxygen atoms in total. The zero-order chi connectivity index (χ0) is 5.54. The van der Waals surface area contributed by atoms with Crippen molar-refractivity contribution in [1.29, 1.82) is 0 Å². The summed E-state index contributed by atoms with van der Waals surface area (Å²) in [5.74, 6) is 0. The molecule has 0 amide bonds. The van der Waals surface area contributed by atoms with E-state index < -0.39 is 0 Å². The van der Waals surface area contributed by atoms with E-state index in [2.05, 4.69) is 28.2 Å². The highest BCUT2D eigenvalue weighted by Gasteiger charge is 1.74. The molecule has 40 valence electrons. The summed E-state index contributed by atoms with van der Waals surface area (Å²) in [5.41, 5.74) is 2.71. The standard InChI is InChI=1S/C6H9Br/c1-2-3-4-5-6-7/h3H,1,4-6H2. The average molecular weight is 161 g/mol. The number of unbranched alkanes of at least 4 members (excludes halogenated alkanes) is 1. The Morgan fingerprint density at radius 3 is 2.86 bits per heavy atom. The highest BCUT2D eigenvalue weighted by atomic mass is 79.9. The second-order valence-corrected chi connectivity index (χ2v) is 2.03. The summed E-state index contributed by atoms with van der Waals surface area (Å²) in [6.07, 6.45) is 4.22. The molecule has 0 spiro atoms. The summed E-state index contributed by atoms with van der Waals surface area (Å²) in [6.45, 7) is 3.44. The Hall–Kier alpha value is 0. The lowest BCUT2D eigenvalue weighted by Gasteiger charge is -1.80. The molecule has 0 saturated carbocycles. The molecule has 0 radical (unpaired) electrons. The number of halogens is 1. The fraction of sp³-hybridized carbons (Fsp3) is 0.500. The number of allylic oxidation sites excluding steroid dienone is 1. The van der Waals surface area contributed by atoms with Gasteiger partial charge in [-0.15, -0.1) is 5.73 Å². The van der Waals surface area contributed by atoms with Gasteiger partial charge in [0, 0.05) is 5.33 Å². The number of rotatable bonds is 3. The second kappa shape index (κ2) is 6.00. The fourth-order valence-electron chi connectivity index (χ4n) is 0.281. The number of alkyl halides is 1. The molecule has 0 aromatic heterocycles. The monoisotopic (exact) mass is 160 g/mol. The summed E-state index contributed by atoms with van der Waals surface area (Å²) < 4.78 is 0. The Morgan fingerprint density at radius 1 is 1.71 bits per heavy atom. The van der Waals surface area contributed by atoms with Crippen LogP contribution in [-0.4, -0.2) is 5.33 Å². The van der Waals surface area contributed by atoms with Crippen molar-refractivity contribution in [2.24, 2.45) is 0 Å². The van der Waals surface area contributed by atoms with Crippen LogP contribution in [0.15, 0.2) is 18.4 Å². The van der Waals surface area contributed by atoms with Crippen LogP contribution in [0, 0.1) is 0 Å². The Balaban J connectivity index is 2.83. The number of hydrogen-bond acceptors (Lipinski definition) is 0. The molecule has 0 saturated heterocycles. The molecule has 1 heteroatoms. The smallest absolute Gasteiger partial charge is 0.00344 e. The molecule has 0 aromatic rings. The van der Waals surface area contributed by atoms with Gasteiger partial charge < -0.3 is 0 Å². The second-order valence-electron chi connectivity index (χ2n) is 1.24. The molecule has 0 bridgehead atoms. The van der Waals surface area contributed by atoms with Gasteiger partial charge in [-0.25, -0.2) is 0 Å². The first-order chi connectivity index (χ1) is 3.41. The highest BCUT2D eigenvalue weighted by Crippen LogP contribution is 1.92. The van der Waals surface area contributed by atoms with E-state index in [9.17, 15) is 0 Å². The van der Waals surface area contributed by atoms with Crippen molar-refractivity contribution in [1.82, 2.24) is 0 Å². The largest absolute Gasteiger partial charge is 0.133 e. The van der Waals surface area contributed by atoms with Crippen molar-refractivity contribution < 1.29 is 0 Å². The molecule has 0 aliphatic heterocycles. The van der Waals surface area contributed by atoms with Gasteiger partial charge >= 0.3 is 0 Å². The minimum absolute atomic E-state index is 1.07. The van der Waals surface area contributed by atoms with Crippen LogP contribution < -0.4 is 0 Å². The first-order valence-electron chi connectivity index (χ1n) is 2.32. The average Bonchev–Trinajstić information content (AvgIpc) is 1.69. The van der Waals surface area contributed by atoms with Gasteiger partial charge in [0.25, 0.3) is 0 Å². The summed E-state index contributed by atoms with van der Waals surface area (Å²) >= 11 is 3.31. The molecular weight excluding hydrogens is 152 g/mol. The first kappa shape index (κ1) is 7.00. The van der Waals surface area contributed by atoms with Crippen molar-refractivity contribution in [2.75, 3.05) is 5.33 Å².